The first kappa shape index (κ1) is 18.1. The van der Waals surface area contributed by atoms with Crippen molar-refractivity contribution in [3.05, 3.63) is 35.9 Å². The summed E-state index contributed by atoms with van der Waals surface area (Å²) in [4.78, 5) is 40.1. The largest absolute Gasteiger partial charge is 0.445 e. The minimum Gasteiger partial charge on any atom is -0.445 e. The van der Waals surface area contributed by atoms with Crippen molar-refractivity contribution in [3.8, 4) is 0 Å². The van der Waals surface area contributed by atoms with Crippen LogP contribution in [0.5, 0.6) is 0 Å². The predicted molar refractivity (Wildman–Crippen MR) is 74.6 cm³/mol. The molecule has 1 atom stereocenters. The fourth-order valence-corrected chi connectivity index (χ4v) is 1.75. The van der Waals surface area contributed by atoms with Crippen molar-refractivity contribution in [1.29, 1.82) is 0 Å². The Kier molecular flexibility index (Phi) is 6.97. The lowest BCUT2D eigenvalue weighted by Crippen LogP contribution is -2.48. The third-order valence-corrected chi connectivity index (χ3v) is 3.00. The van der Waals surface area contributed by atoms with E-state index in [-0.39, 0.29) is 6.61 Å². The van der Waals surface area contributed by atoms with Crippen molar-refractivity contribution in [2.75, 3.05) is 13.0 Å². The molecule has 0 radical (unpaired) electrons. The number of carbonyl (C=O) groups excluding carboxylic acids is 2. The number of hydrogen-bond donors (Lipinski definition) is 4. The highest BCUT2D eigenvalue weighted by Crippen LogP contribution is 2.31. The maximum absolute atomic E-state index is 12.7. The van der Waals surface area contributed by atoms with Crippen LogP contribution in [0.2, 0.25) is 0 Å². The topological polar surface area (TPSA) is 125 Å². The molecule has 122 valence electrons. The van der Waals surface area contributed by atoms with Gasteiger partial charge in [0.2, 0.25) is 5.91 Å². The zero-order valence-corrected chi connectivity index (χ0v) is 12.3. The number of hydrogen-bond acceptors (Lipinski definition) is 4. The number of halogens is 1. The van der Waals surface area contributed by atoms with Gasteiger partial charge in [0.15, 0.2) is 0 Å². The van der Waals surface area contributed by atoms with E-state index in [1.54, 1.807) is 30.3 Å². The van der Waals surface area contributed by atoms with Crippen LogP contribution in [0, 0.1) is 0 Å². The Morgan fingerprint density at radius 2 is 1.91 bits per heavy atom. The number of alkyl halides is 1. The van der Waals surface area contributed by atoms with Gasteiger partial charge in [-0.1, -0.05) is 30.3 Å². The molecule has 0 fully saturated rings. The first-order chi connectivity index (χ1) is 10.3. The fraction of sp³-hybridized carbons (Fsp3) is 0.333. The van der Waals surface area contributed by atoms with Crippen molar-refractivity contribution in [2.24, 2.45) is 0 Å². The van der Waals surface area contributed by atoms with Crippen molar-refractivity contribution >= 4 is 19.6 Å². The summed E-state index contributed by atoms with van der Waals surface area (Å²) >= 11 is 0. The number of rotatable bonds is 7. The second-order valence-corrected chi connectivity index (χ2v) is 5.92. The molecule has 4 N–H and O–H groups in total. The number of benzene rings is 1. The molecule has 8 nitrogen and oxygen atoms in total. The maximum Gasteiger partial charge on any atom is 0.408 e. The van der Waals surface area contributed by atoms with Gasteiger partial charge in [0, 0.05) is 0 Å². The Labute approximate surface area is 125 Å². The standard InChI is InChI=1S/C12H16FN2O6P/c13-6-10(11(16)14-8-22(18,19)20)15-12(17)21-7-9-4-2-1-3-5-9/h1-5,10H,6-8H2,(H,14,16)(H,15,17)(H2,18,19,20). The lowest BCUT2D eigenvalue weighted by Gasteiger charge is -2.15. The van der Waals surface area contributed by atoms with Crippen LogP contribution >= 0.6 is 7.60 Å². The Hall–Kier alpha value is -1.96. The number of amides is 2. The summed E-state index contributed by atoms with van der Waals surface area (Å²) in [5.41, 5.74) is 0.709. The van der Waals surface area contributed by atoms with E-state index in [9.17, 15) is 18.5 Å². The van der Waals surface area contributed by atoms with E-state index >= 15 is 0 Å². The van der Waals surface area contributed by atoms with Crippen LogP contribution in [0.1, 0.15) is 5.56 Å². The van der Waals surface area contributed by atoms with E-state index in [1.807, 2.05) is 10.6 Å². The highest BCUT2D eigenvalue weighted by Gasteiger charge is 2.23. The van der Waals surface area contributed by atoms with Crippen LogP contribution in [0.15, 0.2) is 30.3 Å². The van der Waals surface area contributed by atoms with Crippen LogP contribution in [0.4, 0.5) is 9.18 Å². The van der Waals surface area contributed by atoms with Crippen LogP contribution in [0.3, 0.4) is 0 Å². The van der Waals surface area contributed by atoms with Gasteiger partial charge in [-0.25, -0.2) is 9.18 Å². The molecule has 10 heteroatoms. The molecule has 0 bridgehead atoms. The summed E-state index contributed by atoms with van der Waals surface area (Å²) in [7, 11) is -4.46. The van der Waals surface area contributed by atoms with E-state index in [1.165, 1.54) is 0 Å². The third-order valence-electron chi connectivity index (χ3n) is 2.43. The first-order valence-electron chi connectivity index (χ1n) is 6.17. The summed E-state index contributed by atoms with van der Waals surface area (Å²) in [6, 6.07) is 7.12. The highest BCUT2D eigenvalue weighted by atomic mass is 31.2. The number of nitrogens with one attached hydrogen (secondary N) is 2. The smallest absolute Gasteiger partial charge is 0.408 e. The number of ether oxygens (including phenoxy) is 1. The summed E-state index contributed by atoms with van der Waals surface area (Å²) in [6.45, 7) is -1.30. The van der Waals surface area contributed by atoms with Crippen LogP contribution in [0.25, 0.3) is 0 Å². The van der Waals surface area contributed by atoms with E-state index in [0.29, 0.717) is 5.56 Å². The molecule has 0 saturated carbocycles. The summed E-state index contributed by atoms with van der Waals surface area (Å²) in [5, 5.41) is 3.81. The average molecular weight is 334 g/mol. The number of carbonyl (C=O) groups is 2. The summed E-state index contributed by atoms with van der Waals surface area (Å²) in [6.07, 6.45) is -1.96. The van der Waals surface area contributed by atoms with Crippen molar-refractivity contribution in [1.82, 2.24) is 10.6 Å². The molecule has 0 aliphatic rings. The molecule has 0 heterocycles. The van der Waals surface area contributed by atoms with Gasteiger partial charge < -0.3 is 25.2 Å². The first-order valence-corrected chi connectivity index (χ1v) is 7.97. The molecule has 2 amide bonds. The quantitative estimate of drug-likeness (QED) is 0.538. The van der Waals surface area contributed by atoms with Gasteiger partial charge in [0.05, 0.1) is 0 Å². The van der Waals surface area contributed by atoms with Gasteiger partial charge in [0.25, 0.3) is 0 Å². The van der Waals surface area contributed by atoms with Gasteiger partial charge in [-0.15, -0.1) is 0 Å². The Morgan fingerprint density at radius 1 is 1.27 bits per heavy atom. The molecule has 1 aromatic rings. The zero-order chi connectivity index (χ0) is 16.6. The molecular weight excluding hydrogens is 318 g/mol. The molecule has 0 saturated heterocycles. The minimum absolute atomic E-state index is 0.0597. The molecule has 0 aliphatic carbocycles. The minimum atomic E-state index is -4.46. The van der Waals surface area contributed by atoms with Gasteiger partial charge in [-0.05, 0) is 5.56 Å². The molecule has 0 aromatic heterocycles. The molecule has 0 aliphatic heterocycles. The summed E-state index contributed by atoms with van der Waals surface area (Å²) < 4.78 is 28.1. The molecule has 1 unspecified atom stereocenters. The van der Waals surface area contributed by atoms with E-state index in [4.69, 9.17) is 14.5 Å². The second kappa shape index (κ2) is 8.47. The molecular formula is C12H16FN2O6P. The predicted octanol–water partition coefficient (Wildman–Crippen LogP) is 0.502. The van der Waals surface area contributed by atoms with E-state index in [2.05, 4.69) is 0 Å². The average Bonchev–Trinajstić information content (AvgIpc) is 2.48. The van der Waals surface area contributed by atoms with Crippen molar-refractivity contribution in [3.63, 3.8) is 0 Å². The van der Waals surface area contributed by atoms with Gasteiger partial charge in [-0.2, -0.15) is 0 Å². The lowest BCUT2D eigenvalue weighted by molar-refractivity contribution is -0.123. The zero-order valence-electron chi connectivity index (χ0n) is 11.4. The Balaban J connectivity index is 2.42. The van der Waals surface area contributed by atoms with E-state index < -0.39 is 38.6 Å². The van der Waals surface area contributed by atoms with Crippen molar-refractivity contribution in [2.45, 2.75) is 12.6 Å². The Bertz CT molecular complexity index is 550. The SMILES string of the molecule is O=C(NC(CF)C(=O)NCP(=O)(O)O)OCc1ccccc1. The molecule has 1 aromatic carbocycles. The fourth-order valence-electron chi connectivity index (χ4n) is 1.39. The van der Waals surface area contributed by atoms with Gasteiger partial charge in [-0.3, -0.25) is 9.36 Å². The Morgan fingerprint density at radius 3 is 2.45 bits per heavy atom. The molecule has 0 spiro atoms. The van der Waals surface area contributed by atoms with Crippen LogP contribution < -0.4 is 10.6 Å². The van der Waals surface area contributed by atoms with Crippen molar-refractivity contribution < 1.29 is 33.1 Å². The van der Waals surface area contributed by atoms with Gasteiger partial charge in [0.1, 0.15) is 25.6 Å². The molecule has 22 heavy (non-hydrogen) atoms. The van der Waals surface area contributed by atoms with E-state index in [0.717, 1.165) is 0 Å². The third kappa shape index (κ3) is 7.16. The van der Waals surface area contributed by atoms with Crippen LogP contribution in [-0.2, 0) is 20.7 Å². The normalized spacial score (nSPS) is 12.3. The van der Waals surface area contributed by atoms with Crippen LogP contribution in [-0.4, -0.2) is 40.8 Å². The molecule has 1 rings (SSSR count). The second-order valence-electron chi connectivity index (χ2n) is 4.28. The number of alkyl carbamates (subject to hydrolysis) is 1. The monoisotopic (exact) mass is 334 g/mol. The highest BCUT2D eigenvalue weighted by molar-refractivity contribution is 7.51. The lowest BCUT2D eigenvalue weighted by atomic mass is 10.2. The van der Waals surface area contributed by atoms with Gasteiger partial charge >= 0.3 is 13.7 Å². The summed E-state index contributed by atoms with van der Waals surface area (Å²) in [5.74, 6) is -1.05. The maximum atomic E-state index is 12.7.